The summed E-state index contributed by atoms with van der Waals surface area (Å²) in [5, 5.41) is 3.75. The zero-order chi connectivity index (χ0) is 21.8. The molecule has 0 atom stereocenters. The topological polar surface area (TPSA) is 77.2 Å². The second kappa shape index (κ2) is 10.2. The molecule has 4 rings (SSSR count). The largest absolute Gasteiger partial charge is 0.488 e. The van der Waals surface area contributed by atoms with E-state index in [1.807, 2.05) is 43.3 Å². The van der Waals surface area contributed by atoms with Crippen LogP contribution < -0.4 is 15.8 Å². The van der Waals surface area contributed by atoms with Gasteiger partial charge in [-0.1, -0.05) is 43.3 Å². The third kappa shape index (κ3) is 5.18. The predicted molar refractivity (Wildman–Crippen MR) is 133 cm³/mol. The van der Waals surface area contributed by atoms with E-state index in [9.17, 15) is 4.79 Å². The van der Waals surface area contributed by atoms with Crippen molar-refractivity contribution in [3.63, 3.8) is 0 Å². The number of aryl methyl sites for hydroxylation is 2. The molecular formula is C26H26ClN3O2. The Hall–Kier alpha value is -3.57. The molecule has 1 aromatic heterocycles. The Morgan fingerprint density at radius 3 is 2.47 bits per heavy atom. The molecule has 0 radical (unpaired) electrons. The Morgan fingerprint density at radius 1 is 1.00 bits per heavy atom. The van der Waals surface area contributed by atoms with Gasteiger partial charge in [-0.15, -0.1) is 12.4 Å². The van der Waals surface area contributed by atoms with Crippen LogP contribution in [-0.2, 0) is 13.0 Å². The van der Waals surface area contributed by atoms with Gasteiger partial charge < -0.3 is 15.8 Å². The summed E-state index contributed by atoms with van der Waals surface area (Å²) in [6, 6.07) is 22.9. The number of rotatable bonds is 6. The van der Waals surface area contributed by atoms with Crippen molar-refractivity contribution in [2.24, 2.45) is 0 Å². The van der Waals surface area contributed by atoms with Crippen LogP contribution in [0.15, 0.2) is 72.8 Å². The van der Waals surface area contributed by atoms with Crippen molar-refractivity contribution in [3.05, 3.63) is 95.2 Å². The normalized spacial score (nSPS) is 10.4. The van der Waals surface area contributed by atoms with Crippen molar-refractivity contribution in [3.8, 4) is 5.75 Å². The second-order valence-corrected chi connectivity index (χ2v) is 7.49. The quantitative estimate of drug-likeness (QED) is 0.383. The van der Waals surface area contributed by atoms with Crippen LogP contribution in [0.4, 0.5) is 11.4 Å². The fraction of sp³-hybridized carbons (Fsp3) is 0.154. The highest BCUT2D eigenvalue weighted by atomic mass is 35.5. The Bertz CT molecular complexity index is 1240. The number of anilines is 2. The van der Waals surface area contributed by atoms with Crippen molar-refractivity contribution in [1.82, 2.24) is 4.98 Å². The third-order valence-corrected chi connectivity index (χ3v) is 5.18. The molecule has 0 aliphatic carbocycles. The van der Waals surface area contributed by atoms with Crippen LogP contribution in [0.5, 0.6) is 5.75 Å². The molecular weight excluding hydrogens is 422 g/mol. The van der Waals surface area contributed by atoms with Crippen LogP contribution in [-0.4, -0.2) is 10.9 Å². The van der Waals surface area contributed by atoms with Crippen molar-refractivity contribution < 1.29 is 9.53 Å². The number of aromatic nitrogens is 1. The summed E-state index contributed by atoms with van der Waals surface area (Å²) in [6.45, 7) is 4.42. The van der Waals surface area contributed by atoms with E-state index < -0.39 is 0 Å². The Balaban J connectivity index is 0.00000289. The Labute approximate surface area is 194 Å². The summed E-state index contributed by atoms with van der Waals surface area (Å²) in [5.74, 6) is 0.298. The fourth-order valence-electron chi connectivity index (χ4n) is 3.48. The van der Waals surface area contributed by atoms with E-state index in [1.165, 1.54) is 5.56 Å². The van der Waals surface area contributed by atoms with E-state index in [0.29, 0.717) is 29.3 Å². The van der Waals surface area contributed by atoms with Gasteiger partial charge in [-0.3, -0.25) is 9.78 Å². The van der Waals surface area contributed by atoms with Crippen molar-refractivity contribution in [2.75, 3.05) is 11.1 Å². The molecule has 4 aromatic rings. The van der Waals surface area contributed by atoms with Crippen molar-refractivity contribution in [2.45, 2.75) is 26.9 Å². The smallest absolute Gasteiger partial charge is 0.259 e. The minimum atomic E-state index is -0.241. The average Bonchev–Trinajstić information content (AvgIpc) is 2.78. The van der Waals surface area contributed by atoms with Crippen LogP contribution in [0.1, 0.15) is 34.1 Å². The monoisotopic (exact) mass is 447 g/mol. The van der Waals surface area contributed by atoms with E-state index in [2.05, 4.69) is 41.5 Å². The molecule has 1 heterocycles. The van der Waals surface area contributed by atoms with Gasteiger partial charge in [0, 0.05) is 22.5 Å². The van der Waals surface area contributed by atoms with Gasteiger partial charge in [0.2, 0.25) is 0 Å². The van der Waals surface area contributed by atoms with E-state index in [-0.39, 0.29) is 18.3 Å². The predicted octanol–water partition coefficient (Wildman–Crippen LogP) is 5.94. The summed E-state index contributed by atoms with van der Waals surface area (Å²) >= 11 is 0. The number of benzene rings is 3. The standard InChI is InChI=1S/C26H25N3O2.ClH/c1-3-18-8-10-19(11-9-18)16-31-25-7-5-4-6-21(25)26(30)29-20-12-13-24-22(15-20)23(27)14-17(2)28-24;/h4-15H,3,16H2,1-2H3,(H2,27,28)(H,29,30);1H. The van der Waals surface area contributed by atoms with Crippen molar-refractivity contribution >= 4 is 40.6 Å². The summed E-state index contributed by atoms with van der Waals surface area (Å²) in [6.07, 6.45) is 1.00. The third-order valence-electron chi connectivity index (χ3n) is 5.18. The van der Waals surface area contributed by atoms with Crippen LogP contribution in [0.2, 0.25) is 0 Å². The molecule has 32 heavy (non-hydrogen) atoms. The lowest BCUT2D eigenvalue weighted by Gasteiger charge is -2.13. The Morgan fingerprint density at radius 2 is 1.72 bits per heavy atom. The Kier molecular flexibility index (Phi) is 7.33. The molecule has 0 saturated carbocycles. The number of pyridine rings is 1. The number of amides is 1. The van der Waals surface area contributed by atoms with Crippen LogP contribution in [0.3, 0.4) is 0 Å². The molecule has 1 amide bonds. The summed E-state index contributed by atoms with van der Waals surface area (Å²) < 4.78 is 5.97. The maximum absolute atomic E-state index is 13.0. The molecule has 0 aliphatic rings. The van der Waals surface area contributed by atoms with Gasteiger partial charge in [0.05, 0.1) is 11.1 Å². The highest BCUT2D eigenvalue weighted by Gasteiger charge is 2.13. The number of nitrogen functional groups attached to an aromatic ring is 1. The molecule has 3 N–H and O–H groups in total. The lowest BCUT2D eigenvalue weighted by atomic mass is 10.1. The summed E-state index contributed by atoms with van der Waals surface area (Å²) in [7, 11) is 0. The van der Waals surface area contributed by atoms with Gasteiger partial charge in [0.25, 0.3) is 5.91 Å². The lowest BCUT2D eigenvalue weighted by Crippen LogP contribution is -2.13. The van der Waals surface area contributed by atoms with Crippen LogP contribution in [0.25, 0.3) is 10.9 Å². The first-order valence-electron chi connectivity index (χ1n) is 10.3. The minimum absolute atomic E-state index is 0. The molecule has 0 bridgehead atoms. The molecule has 0 aliphatic heterocycles. The maximum Gasteiger partial charge on any atom is 0.259 e. The molecule has 5 nitrogen and oxygen atoms in total. The second-order valence-electron chi connectivity index (χ2n) is 7.49. The number of fused-ring (bicyclic) bond motifs is 1. The highest BCUT2D eigenvalue weighted by molar-refractivity contribution is 6.07. The van der Waals surface area contributed by atoms with Crippen LogP contribution >= 0.6 is 12.4 Å². The number of nitrogens with two attached hydrogens (primary N) is 1. The van der Waals surface area contributed by atoms with E-state index in [4.69, 9.17) is 10.5 Å². The molecule has 164 valence electrons. The molecule has 3 aromatic carbocycles. The van der Waals surface area contributed by atoms with E-state index in [0.717, 1.165) is 28.6 Å². The number of ether oxygens (including phenoxy) is 1. The van der Waals surface area contributed by atoms with Gasteiger partial charge in [-0.2, -0.15) is 0 Å². The first kappa shape index (κ1) is 23.1. The number of hydrogen-bond donors (Lipinski definition) is 2. The van der Waals surface area contributed by atoms with Gasteiger partial charge in [-0.25, -0.2) is 0 Å². The van der Waals surface area contributed by atoms with Gasteiger partial charge in [0.1, 0.15) is 12.4 Å². The summed E-state index contributed by atoms with van der Waals surface area (Å²) in [4.78, 5) is 17.4. The molecule has 0 unspecified atom stereocenters. The molecule has 0 saturated heterocycles. The van der Waals surface area contributed by atoms with Gasteiger partial charge in [0.15, 0.2) is 0 Å². The number of nitrogens with one attached hydrogen (secondary N) is 1. The number of carbonyl (C=O) groups is 1. The lowest BCUT2D eigenvalue weighted by molar-refractivity contribution is 0.102. The average molecular weight is 448 g/mol. The molecule has 6 heteroatoms. The molecule has 0 spiro atoms. The first-order valence-corrected chi connectivity index (χ1v) is 10.3. The van der Waals surface area contributed by atoms with Crippen molar-refractivity contribution in [1.29, 1.82) is 0 Å². The number of nitrogens with zero attached hydrogens (tertiary/aromatic N) is 1. The maximum atomic E-state index is 13.0. The SMILES string of the molecule is CCc1ccc(COc2ccccc2C(=O)Nc2ccc3nc(C)cc(N)c3c2)cc1.Cl. The zero-order valence-corrected chi connectivity index (χ0v) is 18.9. The fourth-order valence-corrected chi connectivity index (χ4v) is 3.48. The van der Waals surface area contributed by atoms with E-state index >= 15 is 0 Å². The zero-order valence-electron chi connectivity index (χ0n) is 18.1. The first-order chi connectivity index (χ1) is 15.0. The summed E-state index contributed by atoms with van der Waals surface area (Å²) in [5.41, 5.74) is 11.9. The van der Waals surface area contributed by atoms with Gasteiger partial charge >= 0.3 is 0 Å². The highest BCUT2D eigenvalue weighted by Crippen LogP contribution is 2.26. The van der Waals surface area contributed by atoms with E-state index in [1.54, 1.807) is 12.1 Å². The molecule has 0 fully saturated rings. The number of hydrogen-bond acceptors (Lipinski definition) is 4. The number of halogens is 1. The number of carbonyl (C=O) groups excluding carboxylic acids is 1. The van der Waals surface area contributed by atoms with Crippen LogP contribution in [0, 0.1) is 6.92 Å². The minimum Gasteiger partial charge on any atom is -0.488 e. The number of para-hydroxylation sites is 1. The van der Waals surface area contributed by atoms with Gasteiger partial charge in [-0.05, 0) is 60.9 Å².